The Balaban J connectivity index is 2.02. The van der Waals surface area contributed by atoms with Crippen LogP contribution < -0.4 is 5.32 Å². The lowest BCUT2D eigenvalue weighted by molar-refractivity contribution is -0.151. The maximum Gasteiger partial charge on any atom is 0.326 e. The Labute approximate surface area is 116 Å². The minimum Gasteiger partial charge on any atom is -0.468 e. The number of rotatable bonds is 4. The molecule has 4 nitrogen and oxygen atoms in total. The summed E-state index contributed by atoms with van der Waals surface area (Å²) < 4.78 is 5.08. The third-order valence-electron chi connectivity index (χ3n) is 4.79. The zero-order valence-electron chi connectivity index (χ0n) is 12.6. The fourth-order valence-corrected chi connectivity index (χ4v) is 3.49. The predicted octanol–water partition coefficient (Wildman–Crippen LogP) is 1.93. The molecular weight excluding hydrogens is 240 g/mol. The molecule has 0 spiro atoms. The smallest absolute Gasteiger partial charge is 0.326 e. The van der Waals surface area contributed by atoms with Crippen molar-refractivity contribution in [2.45, 2.75) is 70.0 Å². The highest BCUT2D eigenvalue weighted by molar-refractivity contribution is 5.81. The second kappa shape index (κ2) is 6.23. The van der Waals surface area contributed by atoms with Gasteiger partial charge in [-0.05, 0) is 39.5 Å². The fraction of sp³-hybridized carbons (Fsp3) is 0.933. The number of piperidine rings is 1. The Morgan fingerprint density at radius 3 is 2.32 bits per heavy atom. The summed E-state index contributed by atoms with van der Waals surface area (Å²) in [5, 5.41) is 3.64. The van der Waals surface area contributed by atoms with Gasteiger partial charge in [0, 0.05) is 25.2 Å². The number of hydrogen-bond acceptors (Lipinski definition) is 4. The Morgan fingerprint density at radius 1 is 1.26 bits per heavy atom. The van der Waals surface area contributed by atoms with Crippen molar-refractivity contribution in [1.29, 1.82) is 0 Å². The Bertz CT molecular complexity index is 303. The number of nitrogens with one attached hydrogen (secondary N) is 1. The highest BCUT2D eigenvalue weighted by atomic mass is 16.5. The minimum atomic E-state index is -0.435. The van der Waals surface area contributed by atoms with E-state index in [0.717, 1.165) is 25.9 Å². The maximum atomic E-state index is 12.2. The molecule has 2 rings (SSSR count). The second-order valence-electron chi connectivity index (χ2n) is 6.33. The van der Waals surface area contributed by atoms with Crippen molar-refractivity contribution in [1.82, 2.24) is 10.2 Å². The molecule has 0 atom stereocenters. The quantitative estimate of drug-likeness (QED) is 0.791. The molecule has 0 unspecified atom stereocenters. The van der Waals surface area contributed by atoms with Crippen molar-refractivity contribution in [3.05, 3.63) is 0 Å². The van der Waals surface area contributed by atoms with Crippen molar-refractivity contribution in [3.8, 4) is 0 Å². The predicted molar refractivity (Wildman–Crippen MR) is 76.1 cm³/mol. The molecule has 0 aromatic heterocycles. The molecule has 1 saturated heterocycles. The summed E-state index contributed by atoms with van der Waals surface area (Å²) in [5.74, 6) is -0.0668. The molecule has 1 aliphatic carbocycles. The first-order valence-corrected chi connectivity index (χ1v) is 7.67. The van der Waals surface area contributed by atoms with Gasteiger partial charge in [0.2, 0.25) is 0 Å². The van der Waals surface area contributed by atoms with E-state index in [2.05, 4.69) is 24.1 Å². The monoisotopic (exact) mass is 268 g/mol. The zero-order valence-corrected chi connectivity index (χ0v) is 12.6. The van der Waals surface area contributed by atoms with E-state index in [1.165, 1.54) is 32.8 Å². The molecule has 1 N–H and O–H groups in total. The molecule has 2 aliphatic rings. The average Bonchev–Trinajstić information content (AvgIpc) is 2.91. The maximum absolute atomic E-state index is 12.2. The third-order valence-corrected chi connectivity index (χ3v) is 4.79. The molecule has 2 fully saturated rings. The van der Waals surface area contributed by atoms with Crippen LogP contribution in [0.15, 0.2) is 0 Å². The van der Waals surface area contributed by atoms with Crippen molar-refractivity contribution in [3.63, 3.8) is 0 Å². The largest absolute Gasteiger partial charge is 0.468 e. The molecule has 4 heteroatoms. The van der Waals surface area contributed by atoms with Gasteiger partial charge >= 0.3 is 5.97 Å². The van der Waals surface area contributed by atoms with Gasteiger partial charge in [-0.1, -0.05) is 12.8 Å². The van der Waals surface area contributed by atoms with Crippen LogP contribution in [0.25, 0.3) is 0 Å². The lowest BCUT2D eigenvalue weighted by Gasteiger charge is -2.43. The van der Waals surface area contributed by atoms with Gasteiger partial charge in [0.05, 0.1) is 7.11 Å². The average molecular weight is 268 g/mol. The van der Waals surface area contributed by atoms with E-state index in [9.17, 15) is 4.79 Å². The van der Waals surface area contributed by atoms with Crippen molar-refractivity contribution < 1.29 is 9.53 Å². The van der Waals surface area contributed by atoms with Crippen molar-refractivity contribution >= 4 is 5.97 Å². The molecule has 0 radical (unpaired) electrons. The summed E-state index contributed by atoms with van der Waals surface area (Å²) in [6, 6.07) is 1.06. The van der Waals surface area contributed by atoms with Crippen LogP contribution in [-0.4, -0.2) is 48.7 Å². The number of methoxy groups -OCH3 is 1. The number of carbonyl (C=O) groups excluding carboxylic acids is 1. The van der Waals surface area contributed by atoms with Crippen LogP contribution >= 0.6 is 0 Å². The van der Waals surface area contributed by atoms with Gasteiger partial charge < -0.3 is 9.64 Å². The summed E-state index contributed by atoms with van der Waals surface area (Å²) >= 11 is 0. The summed E-state index contributed by atoms with van der Waals surface area (Å²) in [6.45, 7) is 6.39. The van der Waals surface area contributed by atoms with Crippen LogP contribution in [0.3, 0.4) is 0 Å². The van der Waals surface area contributed by atoms with Crippen LogP contribution in [0.4, 0.5) is 0 Å². The molecule has 1 heterocycles. The Kier molecular flexibility index (Phi) is 4.85. The molecule has 0 amide bonds. The lowest BCUT2D eigenvalue weighted by Crippen LogP contribution is -2.61. The number of ether oxygens (including phenoxy) is 1. The molecule has 19 heavy (non-hydrogen) atoms. The van der Waals surface area contributed by atoms with Crippen LogP contribution in [0.1, 0.15) is 52.4 Å². The van der Waals surface area contributed by atoms with E-state index < -0.39 is 5.54 Å². The van der Waals surface area contributed by atoms with Gasteiger partial charge in [-0.25, -0.2) is 0 Å². The van der Waals surface area contributed by atoms with Gasteiger partial charge in [0.15, 0.2) is 0 Å². The second-order valence-corrected chi connectivity index (χ2v) is 6.33. The normalized spacial score (nSPS) is 24.8. The standard InChI is InChI=1S/C15H28N2O2/c1-12(2)17-10-8-15(9-11-17,14(18)19-3)16-13-6-4-5-7-13/h12-13,16H,4-11H2,1-3H3. The topological polar surface area (TPSA) is 41.6 Å². The SMILES string of the molecule is COC(=O)C1(NC2CCCC2)CCN(C(C)C)CC1. The minimum absolute atomic E-state index is 0.0668. The summed E-state index contributed by atoms with van der Waals surface area (Å²) in [5.41, 5.74) is -0.435. The van der Waals surface area contributed by atoms with E-state index in [-0.39, 0.29) is 5.97 Å². The van der Waals surface area contributed by atoms with E-state index in [1.54, 1.807) is 0 Å². The van der Waals surface area contributed by atoms with Crippen molar-refractivity contribution in [2.75, 3.05) is 20.2 Å². The van der Waals surface area contributed by atoms with E-state index >= 15 is 0 Å². The first-order valence-electron chi connectivity index (χ1n) is 7.67. The first-order chi connectivity index (χ1) is 9.07. The number of carbonyl (C=O) groups is 1. The van der Waals surface area contributed by atoms with Crippen molar-refractivity contribution in [2.24, 2.45) is 0 Å². The number of esters is 1. The molecule has 0 bridgehead atoms. The van der Waals surface area contributed by atoms with Crippen LogP contribution in [0.5, 0.6) is 0 Å². The van der Waals surface area contributed by atoms with Gasteiger partial charge in [-0.2, -0.15) is 0 Å². The van der Waals surface area contributed by atoms with Crippen LogP contribution in [-0.2, 0) is 9.53 Å². The highest BCUT2D eigenvalue weighted by Gasteiger charge is 2.44. The lowest BCUT2D eigenvalue weighted by atomic mass is 9.86. The van der Waals surface area contributed by atoms with Gasteiger partial charge in [0.1, 0.15) is 5.54 Å². The highest BCUT2D eigenvalue weighted by Crippen LogP contribution is 2.29. The first kappa shape index (κ1) is 14.8. The van der Waals surface area contributed by atoms with Gasteiger partial charge in [0.25, 0.3) is 0 Å². The molecule has 1 saturated carbocycles. The zero-order chi connectivity index (χ0) is 13.9. The van der Waals surface area contributed by atoms with Crippen LogP contribution in [0.2, 0.25) is 0 Å². The Hall–Kier alpha value is -0.610. The van der Waals surface area contributed by atoms with E-state index in [4.69, 9.17) is 4.74 Å². The third kappa shape index (κ3) is 3.29. The number of nitrogens with zero attached hydrogens (tertiary/aromatic N) is 1. The Morgan fingerprint density at radius 2 is 1.84 bits per heavy atom. The molecule has 0 aromatic carbocycles. The summed E-state index contributed by atoms with van der Waals surface area (Å²) in [4.78, 5) is 14.7. The van der Waals surface area contributed by atoms with Gasteiger partial charge in [-0.3, -0.25) is 10.1 Å². The molecular formula is C15H28N2O2. The fourth-order valence-electron chi connectivity index (χ4n) is 3.49. The summed E-state index contributed by atoms with van der Waals surface area (Å²) in [6.07, 6.45) is 6.71. The van der Waals surface area contributed by atoms with Gasteiger partial charge in [-0.15, -0.1) is 0 Å². The van der Waals surface area contributed by atoms with E-state index in [1.807, 2.05) is 0 Å². The number of likely N-dealkylation sites (tertiary alicyclic amines) is 1. The van der Waals surface area contributed by atoms with Crippen LogP contribution in [0, 0.1) is 0 Å². The molecule has 110 valence electrons. The molecule has 1 aliphatic heterocycles. The number of hydrogen-bond donors (Lipinski definition) is 1. The molecule has 0 aromatic rings. The summed E-state index contributed by atoms with van der Waals surface area (Å²) in [7, 11) is 1.51. The van der Waals surface area contributed by atoms with E-state index in [0.29, 0.717) is 12.1 Å².